The molecule has 0 amide bonds. The lowest BCUT2D eigenvalue weighted by molar-refractivity contribution is 0.824. The Balaban J connectivity index is 1.52. The zero-order valence-electron chi connectivity index (χ0n) is 16.5. The van der Waals surface area contributed by atoms with E-state index in [2.05, 4.69) is 20.3 Å². The number of aromatic amines is 2. The van der Waals surface area contributed by atoms with Crippen molar-refractivity contribution in [3.05, 3.63) is 79.0 Å². The van der Waals surface area contributed by atoms with Crippen LogP contribution in [0.5, 0.6) is 0 Å². The standard InChI is InChI=1S/C22H15Cl3N6O/c23-13-7-14(24)20(15(25)8-13)31-21-18(19(30-31)11-3-4-11)22(32)28-17(27-21)6-10-1-2-12-9-26-29-16(12)5-10/h1-2,5,7-9,11,30H,3-4,6H2,(H,26,29). The molecule has 1 aromatic heterocycles. The highest BCUT2D eigenvalue weighted by molar-refractivity contribution is 6.40. The summed E-state index contributed by atoms with van der Waals surface area (Å²) in [4.78, 5) is 22.1. The van der Waals surface area contributed by atoms with Crippen molar-refractivity contribution in [2.75, 3.05) is 0 Å². The van der Waals surface area contributed by atoms with Crippen LogP contribution in [0.1, 0.15) is 35.8 Å². The topological polar surface area (TPSA) is 92.2 Å². The van der Waals surface area contributed by atoms with Gasteiger partial charge in [0.2, 0.25) is 0 Å². The predicted octanol–water partition coefficient (Wildman–Crippen LogP) is 5.37. The van der Waals surface area contributed by atoms with Gasteiger partial charge in [0.05, 0.1) is 27.5 Å². The molecule has 2 N–H and O–H groups in total. The van der Waals surface area contributed by atoms with Crippen molar-refractivity contribution in [3.63, 3.8) is 0 Å². The fraction of sp³-hybridized carbons (Fsp3) is 0.182. The number of H-pyrrole nitrogens is 2. The second-order valence-corrected chi connectivity index (χ2v) is 9.22. The first-order valence-corrected chi connectivity index (χ1v) is 11.2. The lowest BCUT2D eigenvalue weighted by Gasteiger charge is -2.11. The fourth-order valence-electron chi connectivity index (χ4n) is 4.03. The second-order valence-electron chi connectivity index (χ2n) is 7.97. The molecule has 2 aliphatic heterocycles. The Hall–Kier alpha value is -2.87. The van der Waals surface area contributed by atoms with Crippen LogP contribution < -0.4 is 5.56 Å². The quantitative estimate of drug-likeness (QED) is 0.358. The van der Waals surface area contributed by atoms with E-state index in [1.807, 2.05) is 18.2 Å². The Morgan fingerprint density at radius 2 is 1.84 bits per heavy atom. The van der Waals surface area contributed by atoms with E-state index < -0.39 is 0 Å². The molecule has 1 aliphatic carbocycles. The largest absolute Gasteiger partial charge is 0.295 e. The van der Waals surface area contributed by atoms with Crippen molar-refractivity contribution < 1.29 is 0 Å². The smallest absolute Gasteiger partial charge is 0.284 e. The van der Waals surface area contributed by atoms with Gasteiger partial charge in [-0.05, 0) is 36.6 Å². The minimum Gasteiger partial charge on any atom is -0.295 e. The molecule has 0 unspecified atom stereocenters. The maximum atomic E-state index is 13.1. The Kier molecular flexibility index (Phi) is 4.54. The molecule has 0 spiro atoms. The lowest BCUT2D eigenvalue weighted by Crippen LogP contribution is -2.17. The van der Waals surface area contributed by atoms with E-state index in [0.717, 1.165) is 35.0 Å². The van der Waals surface area contributed by atoms with Gasteiger partial charge in [0.25, 0.3) is 5.56 Å². The first-order chi connectivity index (χ1) is 15.5. The van der Waals surface area contributed by atoms with Crippen LogP contribution in [0.15, 0.2) is 41.3 Å². The van der Waals surface area contributed by atoms with E-state index in [4.69, 9.17) is 39.8 Å². The van der Waals surface area contributed by atoms with Crippen molar-refractivity contribution in [1.29, 1.82) is 0 Å². The lowest BCUT2D eigenvalue weighted by atomic mass is 10.1. The Morgan fingerprint density at radius 3 is 2.59 bits per heavy atom. The average molecular weight is 486 g/mol. The summed E-state index contributed by atoms with van der Waals surface area (Å²) in [6, 6.07) is 9.15. The minimum atomic E-state index is -0.314. The molecular formula is C22H15Cl3N6O. The molecule has 0 radical (unpaired) electrons. The van der Waals surface area contributed by atoms with Gasteiger partial charge < -0.3 is 0 Å². The van der Waals surface area contributed by atoms with Crippen LogP contribution in [-0.4, -0.2) is 29.9 Å². The number of fused-ring (bicyclic) bond motifs is 2. The summed E-state index contributed by atoms with van der Waals surface area (Å²) in [6.07, 6.45) is 4.16. The van der Waals surface area contributed by atoms with E-state index in [9.17, 15) is 4.79 Å². The van der Waals surface area contributed by atoms with E-state index in [1.54, 1.807) is 23.0 Å². The zero-order chi connectivity index (χ0) is 22.0. The summed E-state index contributed by atoms with van der Waals surface area (Å²) < 4.78 is 1.68. The summed E-state index contributed by atoms with van der Waals surface area (Å²) in [7, 11) is 0. The Bertz CT molecular complexity index is 1510. The van der Waals surface area contributed by atoms with Gasteiger partial charge in [-0.1, -0.05) is 46.9 Å². The third kappa shape index (κ3) is 3.28. The monoisotopic (exact) mass is 484 g/mol. The van der Waals surface area contributed by atoms with Crippen molar-refractivity contribution in [1.82, 2.24) is 29.9 Å². The SMILES string of the molecule is O=c1nc(Cc2ccc3cn[nH]c3c2)nc2n(-c3c(Cl)cc(Cl)cc3Cl)[nH]c(C3CC3)c1-2. The number of rotatable bonds is 4. The molecule has 0 atom stereocenters. The molecule has 0 saturated heterocycles. The molecule has 160 valence electrons. The molecule has 0 bridgehead atoms. The second kappa shape index (κ2) is 7.33. The van der Waals surface area contributed by atoms with Gasteiger partial charge in [0.15, 0.2) is 5.82 Å². The van der Waals surface area contributed by atoms with Crippen molar-refractivity contribution in [2.24, 2.45) is 0 Å². The van der Waals surface area contributed by atoms with E-state index >= 15 is 0 Å². The highest BCUT2D eigenvalue weighted by atomic mass is 35.5. The number of hydrogen-bond donors (Lipinski definition) is 2. The van der Waals surface area contributed by atoms with Gasteiger partial charge in [-0.2, -0.15) is 10.1 Å². The maximum Gasteiger partial charge on any atom is 0.284 e. The highest BCUT2D eigenvalue weighted by Gasteiger charge is 2.34. The van der Waals surface area contributed by atoms with Gasteiger partial charge in [-0.3, -0.25) is 15.0 Å². The Morgan fingerprint density at radius 1 is 1.06 bits per heavy atom. The Labute approximate surface area is 196 Å². The van der Waals surface area contributed by atoms with Gasteiger partial charge in [-0.25, -0.2) is 9.67 Å². The fourth-order valence-corrected chi connectivity index (χ4v) is 5.02. The first-order valence-electron chi connectivity index (χ1n) is 10.1. The normalized spacial score (nSPS) is 14.0. The summed E-state index contributed by atoms with van der Waals surface area (Å²) >= 11 is 19.1. The number of nitrogens with one attached hydrogen (secondary N) is 2. The van der Waals surface area contributed by atoms with E-state index in [0.29, 0.717) is 44.4 Å². The van der Waals surface area contributed by atoms with Crippen LogP contribution in [-0.2, 0) is 6.42 Å². The van der Waals surface area contributed by atoms with Crippen molar-refractivity contribution in [3.8, 4) is 17.1 Å². The molecule has 3 aromatic rings. The number of nitrogens with zero attached hydrogens (tertiary/aromatic N) is 4. The molecule has 6 rings (SSSR count). The van der Waals surface area contributed by atoms with Crippen LogP contribution in [0.4, 0.5) is 0 Å². The number of aromatic nitrogens is 6. The molecule has 1 saturated carbocycles. The molecule has 3 aliphatic rings. The maximum absolute atomic E-state index is 13.1. The number of halogens is 3. The molecule has 7 nitrogen and oxygen atoms in total. The van der Waals surface area contributed by atoms with Gasteiger partial charge in [0.1, 0.15) is 17.1 Å². The third-order valence-corrected chi connectivity index (χ3v) is 6.47. The zero-order valence-corrected chi connectivity index (χ0v) is 18.8. The summed E-state index contributed by atoms with van der Waals surface area (Å²) in [5.41, 5.74) is 3.36. The van der Waals surface area contributed by atoms with Crippen LogP contribution in [0.3, 0.4) is 0 Å². The van der Waals surface area contributed by atoms with Crippen LogP contribution in [0.25, 0.3) is 28.0 Å². The van der Waals surface area contributed by atoms with Crippen LogP contribution in [0, 0.1) is 0 Å². The van der Waals surface area contributed by atoms with Gasteiger partial charge >= 0.3 is 0 Å². The molecule has 3 heterocycles. The molecule has 10 heteroatoms. The highest BCUT2D eigenvalue weighted by Crippen LogP contribution is 2.44. The predicted molar refractivity (Wildman–Crippen MR) is 125 cm³/mol. The number of hydrogen-bond acceptors (Lipinski definition) is 4. The van der Waals surface area contributed by atoms with Gasteiger partial charge in [0, 0.05) is 22.7 Å². The minimum absolute atomic E-state index is 0.272. The summed E-state index contributed by atoms with van der Waals surface area (Å²) in [6.45, 7) is 0. The summed E-state index contributed by atoms with van der Waals surface area (Å²) in [5, 5.41) is 12.5. The van der Waals surface area contributed by atoms with E-state index in [1.165, 1.54) is 0 Å². The molecule has 32 heavy (non-hydrogen) atoms. The molecule has 2 aromatic carbocycles. The van der Waals surface area contributed by atoms with Crippen LogP contribution >= 0.6 is 34.8 Å². The van der Waals surface area contributed by atoms with Crippen molar-refractivity contribution >= 4 is 45.7 Å². The third-order valence-electron chi connectivity index (χ3n) is 5.68. The van der Waals surface area contributed by atoms with Gasteiger partial charge in [-0.15, -0.1) is 0 Å². The molecular weight excluding hydrogens is 471 g/mol. The van der Waals surface area contributed by atoms with E-state index in [-0.39, 0.29) is 11.5 Å². The molecule has 1 fully saturated rings. The first kappa shape index (κ1) is 19.8. The number of benzene rings is 2. The average Bonchev–Trinajstić information content (AvgIpc) is 3.35. The van der Waals surface area contributed by atoms with Crippen LogP contribution in [0.2, 0.25) is 15.1 Å². The van der Waals surface area contributed by atoms with Crippen molar-refractivity contribution in [2.45, 2.75) is 25.2 Å². The summed E-state index contributed by atoms with van der Waals surface area (Å²) in [5.74, 6) is 1.14.